The SMILES string of the molecule is Cn1ccnc1NCc1sccc1Br. The van der Waals surface area contributed by atoms with E-state index in [1.165, 1.54) is 4.88 Å². The van der Waals surface area contributed by atoms with Gasteiger partial charge in [-0.15, -0.1) is 11.3 Å². The van der Waals surface area contributed by atoms with Crippen molar-refractivity contribution in [1.82, 2.24) is 9.55 Å². The first-order valence-corrected chi connectivity index (χ1v) is 5.87. The summed E-state index contributed by atoms with van der Waals surface area (Å²) in [6.07, 6.45) is 3.71. The number of anilines is 1. The molecule has 0 radical (unpaired) electrons. The van der Waals surface area contributed by atoms with Crippen molar-refractivity contribution in [2.45, 2.75) is 6.54 Å². The first-order valence-electron chi connectivity index (χ1n) is 4.20. The molecule has 3 nitrogen and oxygen atoms in total. The van der Waals surface area contributed by atoms with Crippen LogP contribution in [0.3, 0.4) is 0 Å². The normalized spacial score (nSPS) is 10.4. The molecule has 0 fully saturated rings. The van der Waals surface area contributed by atoms with Crippen molar-refractivity contribution < 1.29 is 0 Å². The zero-order valence-corrected chi connectivity index (χ0v) is 10.1. The molecule has 0 spiro atoms. The van der Waals surface area contributed by atoms with Crippen LogP contribution in [0.15, 0.2) is 28.3 Å². The Morgan fingerprint density at radius 1 is 1.64 bits per heavy atom. The van der Waals surface area contributed by atoms with E-state index < -0.39 is 0 Å². The molecular weight excluding hydrogens is 262 g/mol. The Kier molecular flexibility index (Phi) is 2.88. The third-order valence-electron chi connectivity index (χ3n) is 1.92. The van der Waals surface area contributed by atoms with Crippen molar-refractivity contribution in [3.8, 4) is 0 Å². The molecule has 0 aromatic carbocycles. The van der Waals surface area contributed by atoms with E-state index in [-0.39, 0.29) is 0 Å². The topological polar surface area (TPSA) is 29.9 Å². The summed E-state index contributed by atoms with van der Waals surface area (Å²) < 4.78 is 3.12. The lowest BCUT2D eigenvalue weighted by Crippen LogP contribution is -2.03. The number of nitrogens with one attached hydrogen (secondary N) is 1. The maximum absolute atomic E-state index is 4.19. The molecule has 1 N–H and O–H groups in total. The summed E-state index contributed by atoms with van der Waals surface area (Å²) in [5.74, 6) is 0.894. The summed E-state index contributed by atoms with van der Waals surface area (Å²) in [6, 6.07) is 2.06. The minimum atomic E-state index is 0.809. The number of rotatable bonds is 3. The van der Waals surface area contributed by atoms with Crippen LogP contribution in [0.1, 0.15) is 4.88 Å². The van der Waals surface area contributed by atoms with E-state index in [2.05, 4.69) is 37.7 Å². The monoisotopic (exact) mass is 271 g/mol. The van der Waals surface area contributed by atoms with Gasteiger partial charge in [0.1, 0.15) is 0 Å². The molecule has 0 saturated heterocycles. The highest BCUT2D eigenvalue weighted by Gasteiger charge is 2.02. The average Bonchev–Trinajstić information content (AvgIpc) is 2.72. The molecule has 0 aliphatic carbocycles. The largest absolute Gasteiger partial charge is 0.351 e. The van der Waals surface area contributed by atoms with Crippen LogP contribution in [0.4, 0.5) is 5.95 Å². The minimum absolute atomic E-state index is 0.809. The molecule has 2 aromatic rings. The maximum atomic E-state index is 4.19. The van der Waals surface area contributed by atoms with Gasteiger partial charge in [-0.05, 0) is 27.4 Å². The van der Waals surface area contributed by atoms with Crippen LogP contribution in [0.5, 0.6) is 0 Å². The first kappa shape index (κ1) is 9.73. The van der Waals surface area contributed by atoms with E-state index in [1.54, 1.807) is 17.5 Å². The van der Waals surface area contributed by atoms with Gasteiger partial charge in [-0.25, -0.2) is 4.98 Å². The molecule has 0 saturated carbocycles. The van der Waals surface area contributed by atoms with Crippen molar-refractivity contribution in [2.24, 2.45) is 7.05 Å². The first-order chi connectivity index (χ1) is 6.77. The number of aromatic nitrogens is 2. The molecule has 74 valence electrons. The summed E-state index contributed by atoms with van der Waals surface area (Å²) in [5.41, 5.74) is 0. The van der Waals surface area contributed by atoms with Crippen molar-refractivity contribution >= 4 is 33.2 Å². The van der Waals surface area contributed by atoms with Crippen LogP contribution >= 0.6 is 27.3 Å². The Labute approximate surface area is 94.9 Å². The second-order valence-corrected chi connectivity index (χ2v) is 4.76. The molecular formula is C9H10BrN3S. The highest BCUT2D eigenvalue weighted by atomic mass is 79.9. The summed E-state index contributed by atoms with van der Waals surface area (Å²) in [7, 11) is 1.97. The molecule has 0 bridgehead atoms. The molecule has 0 unspecified atom stereocenters. The Hall–Kier alpha value is -0.810. The summed E-state index contributed by atoms with van der Waals surface area (Å²) in [4.78, 5) is 5.47. The molecule has 2 rings (SSSR count). The van der Waals surface area contributed by atoms with Gasteiger partial charge < -0.3 is 9.88 Å². The van der Waals surface area contributed by atoms with Crippen LogP contribution in [-0.4, -0.2) is 9.55 Å². The average molecular weight is 272 g/mol. The van der Waals surface area contributed by atoms with Gasteiger partial charge in [0.25, 0.3) is 0 Å². The lowest BCUT2D eigenvalue weighted by molar-refractivity contribution is 0.902. The predicted octanol–water partition coefficient (Wildman–Crippen LogP) is 2.86. The predicted molar refractivity (Wildman–Crippen MR) is 62.6 cm³/mol. The molecule has 14 heavy (non-hydrogen) atoms. The Bertz CT molecular complexity index is 381. The highest BCUT2D eigenvalue weighted by molar-refractivity contribution is 9.10. The number of imidazole rings is 1. The maximum Gasteiger partial charge on any atom is 0.202 e. The lowest BCUT2D eigenvalue weighted by atomic mass is 10.5. The zero-order valence-electron chi connectivity index (χ0n) is 7.70. The number of hydrogen-bond acceptors (Lipinski definition) is 3. The molecule has 0 aliphatic heterocycles. The van der Waals surface area contributed by atoms with Gasteiger partial charge in [0.2, 0.25) is 5.95 Å². The van der Waals surface area contributed by atoms with Crippen LogP contribution in [-0.2, 0) is 13.6 Å². The van der Waals surface area contributed by atoms with E-state index in [0.29, 0.717) is 0 Å². The number of thiophene rings is 1. The number of aryl methyl sites for hydroxylation is 1. The van der Waals surface area contributed by atoms with Crippen molar-refractivity contribution in [2.75, 3.05) is 5.32 Å². The summed E-state index contributed by atoms with van der Waals surface area (Å²) in [6.45, 7) is 0.809. The third-order valence-corrected chi connectivity index (χ3v) is 3.85. The van der Waals surface area contributed by atoms with Crippen LogP contribution in [0.25, 0.3) is 0 Å². The van der Waals surface area contributed by atoms with E-state index in [9.17, 15) is 0 Å². The molecule has 2 heterocycles. The number of halogens is 1. The van der Waals surface area contributed by atoms with Gasteiger partial charge in [0, 0.05) is 28.8 Å². The Morgan fingerprint density at radius 3 is 3.07 bits per heavy atom. The van der Waals surface area contributed by atoms with Gasteiger partial charge in [-0.1, -0.05) is 0 Å². The molecule has 5 heteroatoms. The van der Waals surface area contributed by atoms with E-state index in [4.69, 9.17) is 0 Å². The molecule has 0 aliphatic rings. The molecule has 0 amide bonds. The summed E-state index contributed by atoms with van der Waals surface area (Å²) in [5, 5.41) is 5.34. The van der Waals surface area contributed by atoms with Gasteiger partial charge in [-0.2, -0.15) is 0 Å². The van der Waals surface area contributed by atoms with Crippen LogP contribution in [0.2, 0.25) is 0 Å². The second-order valence-electron chi connectivity index (χ2n) is 2.91. The van der Waals surface area contributed by atoms with Crippen LogP contribution in [0, 0.1) is 0 Å². The fraction of sp³-hybridized carbons (Fsp3) is 0.222. The van der Waals surface area contributed by atoms with Crippen molar-refractivity contribution in [1.29, 1.82) is 0 Å². The smallest absolute Gasteiger partial charge is 0.202 e. The van der Waals surface area contributed by atoms with Gasteiger partial charge in [0.05, 0.1) is 6.54 Å². The zero-order chi connectivity index (χ0) is 9.97. The van der Waals surface area contributed by atoms with E-state index in [1.807, 2.05) is 17.8 Å². The second kappa shape index (κ2) is 4.14. The fourth-order valence-electron chi connectivity index (χ4n) is 1.15. The van der Waals surface area contributed by atoms with Crippen LogP contribution < -0.4 is 5.32 Å². The van der Waals surface area contributed by atoms with Crippen molar-refractivity contribution in [3.63, 3.8) is 0 Å². The Balaban J connectivity index is 2.02. The summed E-state index contributed by atoms with van der Waals surface area (Å²) >= 11 is 5.22. The van der Waals surface area contributed by atoms with Gasteiger partial charge in [0.15, 0.2) is 0 Å². The number of nitrogens with zero attached hydrogens (tertiary/aromatic N) is 2. The van der Waals surface area contributed by atoms with E-state index >= 15 is 0 Å². The highest BCUT2D eigenvalue weighted by Crippen LogP contribution is 2.23. The third kappa shape index (κ3) is 1.99. The Morgan fingerprint density at radius 2 is 2.50 bits per heavy atom. The molecule has 2 aromatic heterocycles. The fourth-order valence-corrected chi connectivity index (χ4v) is 2.58. The van der Waals surface area contributed by atoms with Gasteiger partial charge >= 0.3 is 0 Å². The van der Waals surface area contributed by atoms with Crippen molar-refractivity contribution in [3.05, 3.63) is 33.2 Å². The van der Waals surface area contributed by atoms with Gasteiger partial charge in [-0.3, -0.25) is 0 Å². The molecule has 0 atom stereocenters. The lowest BCUT2D eigenvalue weighted by Gasteiger charge is -2.04. The quantitative estimate of drug-likeness (QED) is 0.931. The number of hydrogen-bond donors (Lipinski definition) is 1. The van der Waals surface area contributed by atoms with E-state index in [0.717, 1.165) is 17.0 Å². The standard InChI is InChI=1S/C9H10BrN3S/c1-13-4-3-11-9(13)12-6-8-7(10)2-5-14-8/h2-5H,6H2,1H3,(H,11,12). The minimum Gasteiger partial charge on any atom is -0.351 e.